The first-order valence-corrected chi connectivity index (χ1v) is 10.5. The van der Waals surface area contributed by atoms with Crippen LogP contribution in [0, 0.1) is 6.92 Å². The van der Waals surface area contributed by atoms with E-state index in [9.17, 15) is 4.79 Å². The highest BCUT2D eigenvalue weighted by Gasteiger charge is 2.18. The van der Waals surface area contributed by atoms with Gasteiger partial charge in [-0.15, -0.1) is 0 Å². The number of nitrogens with one attached hydrogen (secondary N) is 1. The van der Waals surface area contributed by atoms with Crippen molar-refractivity contribution in [1.82, 2.24) is 9.88 Å². The number of hydrogen-bond acceptors (Lipinski definition) is 4. The first-order chi connectivity index (χ1) is 14.6. The average Bonchev–Trinajstić information content (AvgIpc) is 2.76. The molecule has 2 heterocycles. The van der Waals surface area contributed by atoms with Crippen LogP contribution in [0.25, 0.3) is 0 Å². The molecule has 1 aliphatic heterocycles. The monoisotopic (exact) mass is 420 g/mol. The SMILES string of the molecule is Cc1cccc(C(=O)Nc2ccc(N3CCN(Cc4ccc(Cl)cc4)CC3)nc2)c1. The molecule has 4 rings (SSSR count). The molecule has 30 heavy (non-hydrogen) atoms. The maximum atomic E-state index is 12.4. The summed E-state index contributed by atoms with van der Waals surface area (Å²) in [6, 6.07) is 19.5. The summed E-state index contributed by atoms with van der Waals surface area (Å²) in [6.07, 6.45) is 1.73. The fourth-order valence-corrected chi connectivity index (χ4v) is 3.75. The molecular weight excluding hydrogens is 396 g/mol. The molecule has 1 fully saturated rings. The summed E-state index contributed by atoms with van der Waals surface area (Å²) in [5.74, 6) is 0.818. The topological polar surface area (TPSA) is 48.5 Å². The minimum absolute atomic E-state index is 0.121. The number of halogens is 1. The second-order valence-corrected chi connectivity index (χ2v) is 8.05. The van der Waals surface area contributed by atoms with Crippen LogP contribution in [0.15, 0.2) is 66.9 Å². The molecule has 1 N–H and O–H groups in total. The molecule has 0 unspecified atom stereocenters. The minimum atomic E-state index is -0.121. The summed E-state index contributed by atoms with van der Waals surface area (Å²) in [5.41, 5.74) is 3.69. The second-order valence-electron chi connectivity index (χ2n) is 7.62. The molecule has 3 aromatic rings. The van der Waals surface area contributed by atoms with Crippen molar-refractivity contribution in [1.29, 1.82) is 0 Å². The predicted molar refractivity (Wildman–Crippen MR) is 122 cm³/mol. The van der Waals surface area contributed by atoms with Gasteiger partial charge in [0.05, 0.1) is 11.9 Å². The largest absolute Gasteiger partial charge is 0.354 e. The Morgan fingerprint density at radius 2 is 1.80 bits per heavy atom. The number of carbonyl (C=O) groups excluding carboxylic acids is 1. The molecule has 0 saturated carbocycles. The van der Waals surface area contributed by atoms with Crippen LogP contribution in [-0.2, 0) is 6.54 Å². The summed E-state index contributed by atoms with van der Waals surface area (Å²) in [5, 5.41) is 3.69. The highest BCUT2D eigenvalue weighted by molar-refractivity contribution is 6.30. The van der Waals surface area contributed by atoms with Crippen molar-refractivity contribution in [2.75, 3.05) is 36.4 Å². The number of benzene rings is 2. The van der Waals surface area contributed by atoms with Gasteiger partial charge in [-0.3, -0.25) is 9.69 Å². The summed E-state index contributed by atoms with van der Waals surface area (Å²) < 4.78 is 0. The number of aryl methyl sites for hydroxylation is 1. The van der Waals surface area contributed by atoms with E-state index in [1.54, 1.807) is 6.20 Å². The molecule has 1 aliphatic rings. The van der Waals surface area contributed by atoms with E-state index < -0.39 is 0 Å². The van der Waals surface area contributed by atoms with E-state index in [-0.39, 0.29) is 5.91 Å². The fraction of sp³-hybridized carbons (Fsp3) is 0.250. The van der Waals surface area contributed by atoms with Gasteiger partial charge in [0, 0.05) is 43.3 Å². The Kier molecular flexibility index (Phi) is 6.31. The van der Waals surface area contributed by atoms with Crippen LogP contribution < -0.4 is 10.2 Å². The van der Waals surface area contributed by atoms with Crippen molar-refractivity contribution in [2.45, 2.75) is 13.5 Å². The third kappa shape index (κ3) is 5.17. The molecule has 0 atom stereocenters. The number of aromatic nitrogens is 1. The zero-order valence-corrected chi connectivity index (χ0v) is 17.8. The zero-order chi connectivity index (χ0) is 20.9. The average molecular weight is 421 g/mol. The van der Waals surface area contributed by atoms with Crippen LogP contribution in [0.1, 0.15) is 21.5 Å². The molecule has 0 bridgehead atoms. The Labute approximate surface area is 182 Å². The summed E-state index contributed by atoms with van der Waals surface area (Å²) in [6.45, 7) is 6.72. The summed E-state index contributed by atoms with van der Waals surface area (Å²) in [4.78, 5) is 21.7. The van der Waals surface area contributed by atoms with Gasteiger partial charge in [-0.1, -0.05) is 41.4 Å². The van der Waals surface area contributed by atoms with Crippen LogP contribution in [0.5, 0.6) is 0 Å². The van der Waals surface area contributed by atoms with Gasteiger partial charge in [0.2, 0.25) is 0 Å². The molecule has 1 aromatic heterocycles. The van der Waals surface area contributed by atoms with Crippen LogP contribution in [-0.4, -0.2) is 42.0 Å². The van der Waals surface area contributed by atoms with E-state index in [1.807, 2.05) is 55.5 Å². The lowest BCUT2D eigenvalue weighted by Gasteiger charge is -2.35. The second kappa shape index (κ2) is 9.28. The number of hydrogen-bond donors (Lipinski definition) is 1. The lowest BCUT2D eigenvalue weighted by molar-refractivity contribution is 0.102. The predicted octanol–water partition coefficient (Wildman–Crippen LogP) is 4.62. The number of nitrogens with zero attached hydrogens (tertiary/aromatic N) is 3. The van der Waals surface area contributed by atoms with Crippen molar-refractivity contribution >= 4 is 29.0 Å². The van der Waals surface area contributed by atoms with Gasteiger partial charge in [-0.05, 0) is 48.9 Å². The fourth-order valence-electron chi connectivity index (χ4n) is 3.62. The van der Waals surface area contributed by atoms with E-state index >= 15 is 0 Å². The smallest absolute Gasteiger partial charge is 0.255 e. The minimum Gasteiger partial charge on any atom is -0.354 e. The molecule has 1 amide bonds. The lowest BCUT2D eigenvalue weighted by Crippen LogP contribution is -2.46. The number of carbonyl (C=O) groups is 1. The Hall–Kier alpha value is -2.89. The van der Waals surface area contributed by atoms with E-state index in [2.05, 4.69) is 32.2 Å². The van der Waals surface area contributed by atoms with Gasteiger partial charge in [0.15, 0.2) is 0 Å². The molecule has 154 valence electrons. The van der Waals surface area contributed by atoms with Gasteiger partial charge in [-0.25, -0.2) is 4.98 Å². The van der Waals surface area contributed by atoms with Crippen molar-refractivity contribution in [3.63, 3.8) is 0 Å². The summed E-state index contributed by atoms with van der Waals surface area (Å²) in [7, 11) is 0. The van der Waals surface area contributed by atoms with Crippen LogP contribution in [0.3, 0.4) is 0 Å². The molecule has 1 saturated heterocycles. The van der Waals surface area contributed by atoms with E-state index in [1.165, 1.54) is 5.56 Å². The van der Waals surface area contributed by atoms with Crippen LogP contribution in [0.4, 0.5) is 11.5 Å². The van der Waals surface area contributed by atoms with E-state index in [0.29, 0.717) is 11.3 Å². The Morgan fingerprint density at radius 1 is 1.03 bits per heavy atom. The van der Waals surface area contributed by atoms with Gasteiger partial charge in [0.25, 0.3) is 5.91 Å². The highest BCUT2D eigenvalue weighted by atomic mass is 35.5. The van der Waals surface area contributed by atoms with E-state index in [4.69, 9.17) is 11.6 Å². The molecule has 0 radical (unpaired) electrons. The molecule has 5 nitrogen and oxygen atoms in total. The standard InChI is InChI=1S/C24H25ClN4O/c1-18-3-2-4-20(15-18)24(30)27-22-9-10-23(26-16-22)29-13-11-28(12-14-29)17-19-5-7-21(25)8-6-19/h2-10,15-16H,11-14,17H2,1H3,(H,27,30). The first-order valence-electron chi connectivity index (χ1n) is 10.1. The van der Waals surface area contributed by atoms with E-state index in [0.717, 1.165) is 49.1 Å². The Bertz CT molecular complexity index is 996. The molecule has 0 spiro atoms. The Morgan fingerprint density at radius 3 is 2.47 bits per heavy atom. The maximum Gasteiger partial charge on any atom is 0.255 e. The normalized spacial score (nSPS) is 14.5. The van der Waals surface area contributed by atoms with Gasteiger partial charge >= 0.3 is 0 Å². The van der Waals surface area contributed by atoms with Crippen LogP contribution in [0.2, 0.25) is 5.02 Å². The molecule has 0 aliphatic carbocycles. The van der Waals surface area contributed by atoms with Crippen molar-refractivity contribution in [3.05, 3.63) is 88.6 Å². The number of anilines is 2. The van der Waals surface area contributed by atoms with Gasteiger partial charge in [0.1, 0.15) is 5.82 Å². The lowest BCUT2D eigenvalue weighted by atomic mass is 10.1. The first kappa shape index (κ1) is 20.4. The molecule has 2 aromatic carbocycles. The van der Waals surface area contributed by atoms with Gasteiger partial charge in [-0.2, -0.15) is 0 Å². The number of amides is 1. The molecular formula is C24H25ClN4O. The molecule has 6 heteroatoms. The third-order valence-corrected chi connectivity index (χ3v) is 5.55. The van der Waals surface area contributed by atoms with Crippen molar-refractivity contribution < 1.29 is 4.79 Å². The zero-order valence-electron chi connectivity index (χ0n) is 17.0. The summed E-state index contributed by atoms with van der Waals surface area (Å²) >= 11 is 5.97. The van der Waals surface area contributed by atoms with Gasteiger partial charge < -0.3 is 10.2 Å². The van der Waals surface area contributed by atoms with Crippen molar-refractivity contribution in [3.8, 4) is 0 Å². The Balaban J connectivity index is 1.30. The quantitative estimate of drug-likeness (QED) is 0.654. The third-order valence-electron chi connectivity index (χ3n) is 5.30. The van der Waals surface area contributed by atoms with Crippen LogP contribution >= 0.6 is 11.6 Å². The number of piperazine rings is 1. The highest BCUT2D eigenvalue weighted by Crippen LogP contribution is 2.18. The van der Waals surface area contributed by atoms with Crippen molar-refractivity contribution in [2.24, 2.45) is 0 Å². The number of rotatable bonds is 5. The maximum absolute atomic E-state index is 12.4. The number of pyridine rings is 1.